The fraction of sp³-hybridized carbons (Fsp3) is 0.0500. The molecule has 0 unspecified atom stereocenters. The van der Waals surface area contributed by atoms with Gasteiger partial charge < -0.3 is 4.74 Å². The Morgan fingerprint density at radius 2 is 1.79 bits per heavy atom. The number of hydrogen-bond donors (Lipinski definition) is 1. The van der Waals surface area contributed by atoms with Gasteiger partial charge in [0.25, 0.3) is 5.91 Å². The van der Waals surface area contributed by atoms with E-state index < -0.39 is 0 Å². The third kappa shape index (κ3) is 3.15. The number of benzene rings is 2. The highest BCUT2D eigenvalue weighted by Gasteiger charge is 2.15. The molecule has 0 bridgehead atoms. The number of aromatic nitrogens is 2. The van der Waals surface area contributed by atoms with Crippen molar-refractivity contribution >= 4 is 65.5 Å². The third-order valence-corrected chi connectivity index (χ3v) is 7.37. The molecule has 0 aliphatic rings. The number of nitrogens with zero attached hydrogens (tertiary/aromatic N) is 2. The van der Waals surface area contributed by atoms with Crippen LogP contribution in [0.3, 0.4) is 0 Å². The average Bonchev–Trinajstić information content (AvgIpc) is 3.43. The first kappa shape index (κ1) is 17.3. The molecule has 0 aliphatic heterocycles. The molecule has 0 spiro atoms. The molecule has 0 saturated heterocycles. The summed E-state index contributed by atoms with van der Waals surface area (Å²) in [6, 6.07) is 17.5. The quantitative estimate of drug-likeness (QED) is 0.391. The number of methoxy groups -OCH3 is 1. The van der Waals surface area contributed by atoms with Gasteiger partial charge in [-0.1, -0.05) is 23.5 Å². The topological polar surface area (TPSA) is 64.1 Å². The molecule has 8 heteroatoms. The number of anilines is 1. The maximum absolute atomic E-state index is 12.7. The van der Waals surface area contributed by atoms with Gasteiger partial charge in [0, 0.05) is 0 Å². The second-order valence-electron chi connectivity index (χ2n) is 5.96. The Balaban J connectivity index is 1.38. The van der Waals surface area contributed by atoms with E-state index in [-0.39, 0.29) is 5.91 Å². The molecule has 3 heterocycles. The van der Waals surface area contributed by atoms with Crippen LogP contribution in [0.15, 0.2) is 54.6 Å². The van der Waals surface area contributed by atoms with Crippen molar-refractivity contribution in [2.24, 2.45) is 0 Å². The van der Waals surface area contributed by atoms with Gasteiger partial charge in [0.05, 0.1) is 37.3 Å². The van der Waals surface area contributed by atoms with Crippen molar-refractivity contribution in [3.05, 3.63) is 59.5 Å². The van der Waals surface area contributed by atoms with Gasteiger partial charge in [-0.15, -0.1) is 22.7 Å². The number of fused-ring (bicyclic) bond motifs is 2. The summed E-state index contributed by atoms with van der Waals surface area (Å²) in [7, 11) is 1.63. The first-order valence-electron chi connectivity index (χ1n) is 8.41. The van der Waals surface area contributed by atoms with Gasteiger partial charge in [-0.25, -0.2) is 9.97 Å². The van der Waals surface area contributed by atoms with Crippen LogP contribution in [0.2, 0.25) is 0 Å². The van der Waals surface area contributed by atoms with Gasteiger partial charge in [-0.2, -0.15) is 0 Å². The number of carbonyl (C=O) groups is 1. The van der Waals surface area contributed by atoms with E-state index in [2.05, 4.69) is 21.4 Å². The van der Waals surface area contributed by atoms with E-state index in [9.17, 15) is 4.79 Å². The summed E-state index contributed by atoms with van der Waals surface area (Å²) < 4.78 is 7.35. The van der Waals surface area contributed by atoms with Gasteiger partial charge in [-0.3, -0.25) is 10.1 Å². The van der Waals surface area contributed by atoms with Gasteiger partial charge in [0.2, 0.25) is 0 Å². The minimum Gasteiger partial charge on any atom is -0.497 e. The molecule has 0 saturated carbocycles. The second kappa shape index (κ2) is 6.97. The highest BCUT2D eigenvalue weighted by molar-refractivity contribution is 7.26. The SMILES string of the molecule is COc1ccc2nc(NC(=O)c3ccc(-c4nc5ccccc5s4)s3)sc2c1. The zero-order chi connectivity index (χ0) is 19.1. The maximum Gasteiger partial charge on any atom is 0.267 e. The van der Waals surface area contributed by atoms with Gasteiger partial charge in [0.15, 0.2) is 5.13 Å². The lowest BCUT2D eigenvalue weighted by Crippen LogP contribution is -2.09. The molecule has 138 valence electrons. The van der Waals surface area contributed by atoms with Crippen LogP contribution in [-0.2, 0) is 0 Å². The van der Waals surface area contributed by atoms with Gasteiger partial charge in [-0.05, 0) is 42.5 Å². The number of thiazole rings is 2. The van der Waals surface area contributed by atoms with Crippen LogP contribution < -0.4 is 10.1 Å². The number of thiophene rings is 1. The summed E-state index contributed by atoms with van der Waals surface area (Å²) in [5, 5.41) is 4.40. The van der Waals surface area contributed by atoms with Gasteiger partial charge >= 0.3 is 0 Å². The van der Waals surface area contributed by atoms with E-state index in [0.717, 1.165) is 36.1 Å². The van der Waals surface area contributed by atoms with Crippen molar-refractivity contribution in [1.29, 1.82) is 0 Å². The third-order valence-electron chi connectivity index (χ3n) is 4.15. The van der Waals surface area contributed by atoms with E-state index in [4.69, 9.17) is 4.74 Å². The highest BCUT2D eigenvalue weighted by atomic mass is 32.1. The Morgan fingerprint density at radius 3 is 2.64 bits per heavy atom. The molecule has 28 heavy (non-hydrogen) atoms. The molecule has 3 aromatic heterocycles. The van der Waals surface area contributed by atoms with Crippen molar-refractivity contribution in [3.8, 4) is 15.6 Å². The van der Waals surface area contributed by atoms with E-state index in [0.29, 0.717) is 10.0 Å². The highest BCUT2D eigenvalue weighted by Crippen LogP contribution is 2.35. The fourth-order valence-electron chi connectivity index (χ4n) is 2.80. The summed E-state index contributed by atoms with van der Waals surface area (Å²) in [6.07, 6.45) is 0. The van der Waals surface area contributed by atoms with Crippen molar-refractivity contribution < 1.29 is 9.53 Å². The van der Waals surface area contributed by atoms with Crippen molar-refractivity contribution in [3.63, 3.8) is 0 Å². The van der Waals surface area contributed by atoms with Crippen molar-refractivity contribution in [2.75, 3.05) is 12.4 Å². The molecule has 0 atom stereocenters. The largest absolute Gasteiger partial charge is 0.497 e. The standard InChI is InChI=1S/C20H13N3O2S3/c1-25-11-6-7-13-17(10-11)28-20(22-13)23-18(24)15-8-9-16(26-15)19-21-12-4-2-3-5-14(12)27-19/h2-10H,1H3,(H,22,23,24). The van der Waals surface area contributed by atoms with Crippen LogP contribution in [0.25, 0.3) is 30.3 Å². The van der Waals surface area contributed by atoms with E-state index >= 15 is 0 Å². The number of rotatable bonds is 4. The molecule has 1 amide bonds. The molecule has 0 aliphatic carbocycles. The molecule has 0 fully saturated rings. The Labute approximate surface area is 172 Å². The summed E-state index contributed by atoms with van der Waals surface area (Å²) in [5.41, 5.74) is 1.81. The first-order valence-corrected chi connectivity index (χ1v) is 10.9. The Bertz CT molecular complexity index is 1290. The minimum absolute atomic E-state index is 0.164. The molecular formula is C20H13N3O2S3. The lowest BCUT2D eigenvalue weighted by molar-refractivity contribution is 0.103. The predicted molar refractivity (Wildman–Crippen MR) is 117 cm³/mol. The molecule has 2 aromatic carbocycles. The Morgan fingerprint density at radius 1 is 0.929 bits per heavy atom. The van der Waals surface area contributed by atoms with Crippen LogP contribution >= 0.6 is 34.0 Å². The van der Waals surface area contributed by atoms with Crippen LogP contribution in [0.4, 0.5) is 5.13 Å². The zero-order valence-corrected chi connectivity index (χ0v) is 17.1. The Kier molecular flexibility index (Phi) is 4.31. The molecule has 0 radical (unpaired) electrons. The number of para-hydroxylation sites is 1. The molecular weight excluding hydrogens is 410 g/mol. The Hall–Kier alpha value is -2.81. The number of amides is 1. The lowest BCUT2D eigenvalue weighted by Gasteiger charge is -1.97. The molecule has 5 rings (SSSR count). The average molecular weight is 424 g/mol. The summed E-state index contributed by atoms with van der Waals surface area (Å²) in [6.45, 7) is 0. The molecule has 5 nitrogen and oxygen atoms in total. The van der Waals surface area contributed by atoms with E-state index in [1.807, 2.05) is 48.5 Å². The van der Waals surface area contributed by atoms with Crippen LogP contribution in [0.1, 0.15) is 9.67 Å². The van der Waals surface area contributed by atoms with Crippen LogP contribution in [-0.4, -0.2) is 23.0 Å². The normalized spacial score (nSPS) is 11.2. The smallest absolute Gasteiger partial charge is 0.267 e. The van der Waals surface area contributed by atoms with E-state index in [1.54, 1.807) is 18.4 Å². The summed E-state index contributed by atoms with van der Waals surface area (Å²) in [4.78, 5) is 23.4. The summed E-state index contributed by atoms with van der Waals surface area (Å²) >= 11 is 4.49. The van der Waals surface area contributed by atoms with Crippen LogP contribution in [0.5, 0.6) is 5.75 Å². The number of carbonyl (C=O) groups excluding carboxylic acids is 1. The molecule has 1 N–H and O–H groups in total. The van der Waals surface area contributed by atoms with Crippen molar-refractivity contribution in [1.82, 2.24) is 9.97 Å². The summed E-state index contributed by atoms with van der Waals surface area (Å²) in [5.74, 6) is 0.608. The maximum atomic E-state index is 12.7. The fourth-order valence-corrected chi connectivity index (χ4v) is 5.61. The first-order chi connectivity index (χ1) is 13.7. The van der Waals surface area contributed by atoms with Crippen LogP contribution in [0, 0.1) is 0 Å². The lowest BCUT2D eigenvalue weighted by atomic mass is 10.3. The monoisotopic (exact) mass is 423 g/mol. The predicted octanol–water partition coefficient (Wildman–Crippen LogP) is 5.90. The zero-order valence-electron chi connectivity index (χ0n) is 14.6. The van der Waals surface area contributed by atoms with E-state index in [1.165, 1.54) is 22.7 Å². The second-order valence-corrected chi connectivity index (χ2v) is 9.10. The number of ether oxygens (including phenoxy) is 1. The minimum atomic E-state index is -0.164. The number of nitrogens with one attached hydrogen (secondary N) is 1. The van der Waals surface area contributed by atoms with Gasteiger partial charge in [0.1, 0.15) is 10.8 Å². The van der Waals surface area contributed by atoms with Crippen molar-refractivity contribution in [2.45, 2.75) is 0 Å². The number of hydrogen-bond acceptors (Lipinski definition) is 7. The molecule has 5 aromatic rings.